The number of rotatable bonds is 2. The van der Waals surface area contributed by atoms with E-state index in [4.69, 9.17) is 5.11 Å². The van der Waals surface area contributed by atoms with Crippen LogP contribution in [0.2, 0.25) is 0 Å². The second kappa shape index (κ2) is 3.77. The molecule has 16 heavy (non-hydrogen) atoms. The Morgan fingerprint density at radius 2 is 2.25 bits per heavy atom. The van der Waals surface area contributed by atoms with Gasteiger partial charge in [0.15, 0.2) is 0 Å². The summed E-state index contributed by atoms with van der Waals surface area (Å²) < 4.78 is 15.0. The molecule has 2 rings (SSSR count). The molecule has 4 nitrogen and oxygen atoms in total. The van der Waals surface area contributed by atoms with E-state index in [1.54, 1.807) is 13.1 Å². The van der Waals surface area contributed by atoms with E-state index in [2.05, 4.69) is 4.98 Å². The van der Waals surface area contributed by atoms with Crippen LogP contribution >= 0.6 is 0 Å². The normalized spacial score (nSPS) is 10.4. The summed E-state index contributed by atoms with van der Waals surface area (Å²) >= 11 is 0. The average molecular weight is 220 g/mol. The summed E-state index contributed by atoms with van der Waals surface area (Å²) in [5, 5.41) is 8.82. The van der Waals surface area contributed by atoms with Crippen LogP contribution in [0.25, 0.3) is 5.69 Å². The van der Waals surface area contributed by atoms with E-state index in [0.717, 1.165) is 6.07 Å². The Kier molecular flexibility index (Phi) is 2.44. The summed E-state index contributed by atoms with van der Waals surface area (Å²) in [7, 11) is 0. The monoisotopic (exact) mass is 220 g/mol. The predicted molar refractivity (Wildman–Crippen MR) is 55.2 cm³/mol. The van der Waals surface area contributed by atoms with Gasteiger partial charge in [0.25, 0.3) is 0 Å². The van der Waals surface area contributed by atoms with Crippen molar-refractivity contribution in [1.82, 2.24) is 9.55 Å². The van der Waals surface area contributed by atoms with Gasteiger partial charge in [-0.3, -0.25) is 0 Å². The zero-order valence-electron chi connectivity index (χ0n) is 8.51. The third-order valence-electron chi connectivity index (χ3n) is 2.28. The lowest BCUT2D eigenvalue weighted by atomic mass is 10.2. The van der Waals surface area contributed by atoms with Crippen molar-refractivity contribution in [1.29, 1.82) is 0 Å². The number of carboxylic acids is 1. The van der Waals surface area contributed by atoms with E-state index in [0.29, 0.717) is 5.82 Å². The zero-order valence-corrected chi connectivity index (χ0v) is 8.51. The smallest absolute Gasteiger partial charge is 0.335 e. The molecule has 1 heterocycles. The molecule has 1 aromatic heterocycles. The van der Waals surface area contributed by atoms with Crippen LogP contribution in [0, 0.1) is 12.7 Å². The fourth-order valence-corrected chi connectivity index (χ4v) is 1.46. The van der Waals surface area contributed by atoms with E-state index in [1.165, 1.54) is 22.9 Å². The number of carboxylic acid groups (broad SMARTS) is 1. The number of hydrogen-bond acceptors (Lipinski definition) is 2. The lowest BCUT2D eigenvalue weighted by molar-refractivity contribution is 0.0697. The van der Waals surface area contributed by atoms with Crippen LogP contribution in [0.1, 0.15) is 16.2 Å². The molecule has 0 spiro atoms. The highest BCUT2D eigenvalue weighted by Crippen LogP contribution is 2.17. The molecule has 0 amide bonds. The number of nitrogens with zero attached hydrogens (tertiary/aromatic N) is 2. The number of imidazole rings is 1. The molecule has 1 aromatic carbocycles. The van der Waals surface area contributed by atoms with E-state index in [9.17, 15) is 9.18 Å². The highest BCUT2D eigenvalue weighted by molar-refractivity contribution is 5.88. The van der Waals surface area contributed by atoms with Gasteiger partial charge in [-0.2, -0.15) is 0 Å². The minimum atomic E-state index is -1.08. The predicted octanol–water partition coefficient (Wildman–Crippen LogP) is 2.02. The lowest BCUT2D eigenvalue weighted by Gasteiger charge is -2.07. The second-order valence-corrected chi connectivity index (χ2v) is 3.32. The van der Waals surface area contributed by atoms with Gasteiger partial charge in [0.1, 0.15) is 11.6 Å². The molecule has 0 aliphatic heterocycles. The Morgan fingerprint density at radius 1 is 1.50 bits per heavy atom. The van der Waals surface area contributed by atoms with Crippen LogP contribution in [0.4, 0.5) is 4.39 Å². The van der Waals surface area contributed by atoms with Gasteiger partial charge in [0.05, 0.1) is 11.3 Å². The minimum absolute atomic E-state index is 0.0458. The first kappa shape index (κ1) is 10.4. The number of aryl methyl sites for hydroxylation is 1. The third-order valence-corrected chi connectivity index (χ3v) is 2.28. The van der Waals surface area contributed by atoms with Gasteiger partial charge in [0.2, 0.25) is 0 Å². The molecule has 0 bridgehead atoms. The molecule has 0 unspecified atom stereocenters. The fourth-order valence-electron chi connectivity index (χ4n) is 1.46. The van der Waals surface area contributed by atoms with E-state index in [1.807, 2.05) is 0 Å². The van der Waals surface area contributed by atoms with Crippen LogP contribution in [-0.2, 0) is 0 Å². The van der Waals surface area contributed by atoms with Crippen LogP contribution in [-0.4, -0.2) is 20.6 Å². The van der Waals surface area contributed by atoms with E-state index in [-0.39, 0.29) is 11.3 Å². The first-order chi connectivity index (χ1) is 7.59. The van der Waals surface area contributed by atoms with Crippen molar-refractivity contribution in [2.24, 2.45) is 0 Å². The van der Waals surface area contributed by atoms with Crippen molar-refractivity contribution in [3.63, 3.8) is 0 Å². The third kappa shape index (κ3) is 1.67. The number of aromatic nitrogens is 2. The van der Waals surface area contributed by atoms with Crippen molar-refractivity contribution in [2.75, 3.05) is 0 Å². The van der Waals surface area contributed by atoms with Crippen LogP contribution in [0.3, 0.4) is 0 Å². The summed E-state index contributed by atoms with van der Waals surface area (Å²) in [6.45, 7) is 1.72. The quantitative estimate of drug-likeness (QED) is 0.842. The van der Waals surface area contributed by atoms with E-state index < -0.39 is 11.8 Å². The molecule has 0 fully saturated rings. The molecule has 2 aromatic rings. The molecule has 82 valence electrons. The van der Waals surface area contributed by atoms with Gasteiger partial charge in [0, 0.05) is 12.4 Å². The van der Waals surface area contributed by atoms with Crippen molar-refractivity contribution in [3.8, 4) is 5.69 Å². The van der Waals surface area contributed by atoms with Crippen LogP contribution < -0.4 is 0 Å². The van der Waals surface area contributed by atoms with Gasteiger partial charge in [-0.1, -0.05) is 0 Å². The Morgan fingerprint density at radius 3 is 2.81 bits per heavy atom. The molecule has 0 saturated heterocycles. The average Bonchev–Trinajstić information content (AvgIpc) is 2.65. The largest absolute Gasteiger partial charge is 0.478 e. The van der Waals surface area contributed by atoms with E-state index >= 15 is 0 Å². The summed E-state index contributed by atoms with van der Waals surface area (Å²) in [4.78, 5) is 14.7. The van der Waals surface area contributed by atoms with Gasteiger partial charge in [-0.05, 0) is 25.1 Å². The number of hydrogen-bond donors (Lipinski definition) is 1. The number of halogens is 1. The molecular formula is C11H9FN2O2. The van der Waals surface area contributed by atoms with Gasteiger partial charge in [-0.25, -0.2) is 14.2 Å². The first-order valence-electron chi connectivity index (χ1n) is 4.63. The second-order valence-electron chi connectivity index (χ2n) is 3.32. The lowest BCUT2D eigenvalue weighted by Crippen LogP contribution is -2.03. The molecule has 0 atom stereocenters. The Hall–Kier alpha value is -2.17. The number of carbonyl (C=O) groups is 1. The Labute approximate surface area is 91.0 Å². The maximum Gasteiger partial charge on any atom is 0.335 e. The van der Waals surface area contributed by atoms with Crippen LogP contribution in [0.5, 0.6) is 0 Å². The molecule has 0 saturated carbocycles. The molecule has 0 radical (unpaired) electrons. The van der Waals surface area contributed by atoms with Gasteiger partial charge >= 0.3 is 5.97 Å². The van der Waals surface area contributed by atoms with Crippen molar-refractivity contribution >= 4 is 5.97 Å². The van der Waals surface area contributed by atoms with Crippen molar-refractivity contribution in [3.05, 3.63) is 47.8 Å². The molecular weight excluding hydrogens is 211 g/mol. The number of benzene rings is 1. The van der Waals surface area contributed by atoms with Crippen molar-refractivity contribution in [2.45, 2.75) is 6.92 Å². The highest BCUT2D eigenvalue weighted by atomic mass is 19.1. The Balaban J connectivity index is 2.60. The maximum absolute atomic E-state index is 13.5. The fraction of sp³-hybridized carbons (Fsp3) is 0.0909. The summed E-state index contributed by atoms with van der Waals surface area (Å²) in [5.74, 6) is -0.966. The zero-order chi connectivity index (χ0) is 11.7. The number of aromatic carboxylic acids is 1. The highest BCUT2D eigenvalue weighted by Gasteiger charge is 2.11. The summed E-state index contributed by atoms with van der Waals surface area (Å²) in [6.07, 6.45) is 3.11. The summed E-state index contributed by atoms with van der Waals surface area (Å²) in [5.41, 5.74) is 0.236. The first-order valence-corrected chi connectivity index (χ1v) is 4.63. The standard InChI is InChI=1S/C11H9FN2O2/c1-7-13-4-5-14(7)10-6-8(11(15)16)2-3-9(10)12/h2-6H,1H3,(H,15,16). The molecule has 0 aliphatic rings. The Bertz CT molecular complexity index is 549. The van der Waals surface area contributed by atoms with Crippen molar-refractivity contribution < 1.29 is 14.3 Å². The minimum Gasteiger partial charge on any atom is -0.478 e. The van der Waals surface area contributed by atoms with Crippen LogP contribution in [0.15, 0.2) is 30.6 Å². The molecule has 1 N–H and O–H groups in total. The SMILES string of the molecule is Cc1nccn1-c1cc(C(=O)O)ccc1F. The topological polar surface area (TPSA) is 55.1 Å². The molecule has 5 heteroatoms. The molecule has 0 aliphatic carbocycles. The summed E-state index contributed by atoms with van der Waals surface area (Å²) in [6, 6.07) is 3.65. The van der Waals surface area contributed by atoms with Gasteiger partial charge in [-0.15, -0.1) is 0 Å². The van der Waals surface area contributed by atoms with Gasteiger partial charge < -0.3 is 9.67 Å². The maximum atomic E-state index is 13.5.